The summed E-state index contributed by atoms with van der Waals surface area (Å²) in [5, 5.41) is 5.29. The standard InChI is InChI=1S/C14H17N3O3S2/c1-22(19,20)11-4-2-10(3-5-11)8-16-14(18)12-9-21-13(17-12)6-7-15/h2-5,9H,6-8,15H2,1H3,(H,16,18). The molecule has 0 atom stereocenters. The van der Waals surface area contributed by atoms with Gasteiger partial charge in [-0.05, 0) is 24.2 Å². The molecule has 3 N–H and O–H groups in total. The van der Waals surface area contributed by atoms with Crippen molar-refractivity contribution in [3.8, 4) is 0 Å². The number of hydrogen-bond donors (Lipinski definition) is 2. The molecular weight excluding hydrogens is 322 g/mol. The summed E-state index contributed by atoms with van der Waals surface area (Å²) in [5.74, 6) is -0.258. The highest BCUT2D eigenvalue weighted by Gasteiger charge is 2.11. The molecule has 0 aliphatic carbocycles. The molecule has 22 heavy (non-hydrogen) atoms. The number of hydrogen-bond acceptors (Lipinski definition) is 6. The van der Waals surface area contributed by atoms with E-state index in [-0.39, 0.29) is 10.8 Å². The number of carbonyl (C=O) groups excluding carboxylic acids is 1. The molecule has 2 rings (SSSR count). The molecule has 0 aliphatic rings. The zero-order valence-corrected chi connectivity index (χ0v) is 13.7. The summed E-state index contributed by atoms with van der Waals surface area (Å²) < 4.78 is 22.7. The van der Waals surface area contributed by atoms with Crippen LogP contribution in [0.4, 0.5) is 0 Å². The largest absolute Gasteiger partial charge is 0.347 e. The molecule has 0 fully saturated rings. The first-order valence-corrected chi connectivity index (χ1v) is 9.39. The minimum Gasteiger partial charge on any atom is -0.347 e. The fraction of sp³-hybridized carbons (Fsp3) is 0.286. The van der Waals surface area contributed by atoms with E-state index in [2.05, 4.69) is 10.3 Å². The van der Waals surface area contributed by atoms with Gasteiger partial charge in [-0.15, -0.1) is 11.3 Å². The Bertz CT molecular complexity index is 752. The molecular formula is C14H17N3O3S2. The fourth-order valence-corrected chi connectivity index (χ4v) is 3.21. The number of nitrogens with two attached hydrogens (primary N) is 1. The second-order valence-electron chi connectivity index (χ2n) is 4.76. The summed E-state index contributed by atoms with van der Waals surface area (Å²) in [7, 11) is -3.20. The van der Waals surface area contributed by atoms with Gasteiger partial charge in [0.15, 0.2) is 9.84 Å². The maximum atomic E-state index is 12.0. The number of nitrogens with zero attached hydrogens (tertiary/aromatic N) is 1. The van der Waals surface area contributed by atoms with Crippen LogP contribution in [-0.2, 0) is 22.8 Å². The van der Waals surface area contributed by atoms with Crippen LogP contribution in [0.3, 0.4) is 0 Å². The minimum atomic E-state index is -3.20. The Hall–Kier alpha value is -1.77. The monoisotopic (exact) mass is 339 g/mol. The van der Waals surface area contributed by atoms with Gasteiger partial charge in [0.05, 0.1) is 9.90 Å². The van der Waals surface area contributed by atoms with Crippen molar-refractivity contribution in [2.75, 3.05) is 12.8 Å². The van der Waals surface area contributed by atoms with E-state index < -0.39 is 9.84 Å². The van der Waals surface area contributed by atoms with Crippen LogP contribution in [0.2, 0.25) is 0 Å². The Morgan fingerprint density at radius 2 is 2.00 bits per heavy atom. The first kappa shape index (κ1) is 16.6. The average molecular weight is 339 g/mol. The first-order chi connectivity index (χ1) is 10.4. The highest BCUT2D eigenvalue weighted by atomic mass is 32.2. The zero-order chi connectivity index (χ0) is 16.2. The second-order valence-corrected chi connectivity index (χ2v) is 7.72. The molecule has 6 nitrogen and oxygen atoms in total. The molecule has 0 bridgehead atoms. The maximum Gasteiger partial charge on any atom is 0.271 e. The Morgan fingerprint density at radius 1 is 1.32 bits per heavy atom. The lowest BCUT2D eigenvalue weighted by molar-refractivity contribution is 0.0946. The minimum absolute atomic E-state index is 0.258. The third-order valence-corrected chi connectivity index (χ3v) is 4.98. The van der Waals surface area contributed by atoms with Crippen LogP contribution in [0.1, 0.15) is 21.1 Å². The van der Waals surface area contributed by atoms with Gasteiger partial charge < -0.3 is 11.1 Å². The number of sulfone groups is 1. The van der Waals surface area contributed by atoms with Crippen LogP contribution < -0.4 is 11.1 Å². The van der Waals surface area contributed by atoms with E-state index in [0.717, 1.165) is 16.8 Å². The molecule has 0 spiro atoms. The SMILES string of the molecule is CS(=O)(=O)c1ccc(CNC(=O)c2csc(CCN)n2)cc1. The molecule has 0 aliphatic heterocycles. The van der Waals surface area contributed by atoms with E-state index in [4.69, 9.17) is 5.73 Å². The van der Waals surface area contributed by atoms with E-state index in [1.54, 1.807) is 17.5 Å². The van der Waals surface area contributed by atoms with Gasteiger partial charge in [-0.3, -0.25) is 4.79 Å². The summed E-state index contributed by atoms with van der Waals surface area (Å²) in [6.07, 6.45) is 1.82. The van der Waals surface area contributed by atoms with E-state index in [1.165, 1.54) is 23.5 Å². The smallest absolute Gasteiger partial charge is 0.271 e. The van der Waals surface area contributed by atoms with Gasteiger partial charge in [0.25, 0.3) is 5.91 Å². The van der Waals surface area contributed by atoms with Crippen LogP contribution in [-0.4, -0.2) is 32.1 Å². The Labute approximate surface area is 133 Å². The summed E-state index contributed by atoms with van der Waals surface area (Å²) in [5.41, 5.74) is 6.64. The zero-order valence-electron chi connectivity index (χ0n) is 12.1. The molecule has 1 heterocycles. The Morgan fingerprint density at radius 3 is 2.59 bits per heavy atom. The van der Waals surface area contributed by atoms with Gasteiger partial charge in [0, 0.05) is 24.6 Å². The van der Waals surface area contributed by atoms with E-state index in [0.29, 0.717) is 25.2 Å². The second kappa shape index (κ2) is 6.99. The normalized spacial score (nSPS) is 11.4. The van der Waals surface area contributed by atoms with E-state index in [1.807, 2.05) is 0 Å². The fourth-order valence-electron chi connectivity index (χ4n) is 1.78. The Balaban J connectivity index is 1.95. The molecule has 0 saturated heterocycles. The summed E-state index contributed by atoms with van der Waals surface area (Å²) >= 11 is 1.41. The highest BCUT2D eigenvalue weighted by Crippen LogP contribution is 2.12. The van der Waals surface area contributed by atoms with Gasteiger partial charge in [-0.2, -0.15) is 0 Å². The number of rotatable bonds is 6. The molecule has 118 valence electrons. The van der Waals surface area contributed by atoms with E-state index >= 15 is 0 Å². The molecule has 1 amide bonds. The Kier molecular flexibility index (Phi) is 5.28. The predicted molar refractivity (Wildman–Crippen MR) is 85.6 cm³/mol. The van der Waals surface area contributed by atoms with Crippen molar-refractivity contribution in [1.29, 1.82) is 0 Å². The van der Waals surface area contributed by atoms with Crippen molar-refractivity contribution in [3.63, 3.8) is 0 Å². The molecule has 8 heteroatoms. The maximum absolute atomic E-state index is 12.0. The lowest BCUT2D eigenvalue weighted by atomic mass is 10.2. The first-order valence-electron chi connectivity index (χ1n) is 6.62. The van der Waals surface area contributed by atoms with E-state index in [9.17, 15) is 13.2 Å². The number of nitrogens with one attached hydrogen (secondary N) is 1. The van der Waals surface area contributed by atoms with Crippen molar-refractivity contribution in [3.05, 3.63) is 45.9 Å². The van der Waals surface area contributed by atoms with Crippen LogP contribution in [0, 0.1) is 0 Å². The molecule has 1 aromatic heterocycles. The average Bonchev–Trinajstić information content (AvgIpc) is 2.93. The lowest BCUT2D eigenvalue weighted by Crippen LogP contribution is -2.23. The summed E-state index contributed by atoms with van der Waals surface area (Å²) in [4.78, 5) is 16.4. The lowest BCUT2D eigenvalue weighted by Gasteiger charge is -2.04. The molecule has 0 radical (unpaired) electrons. The topological polar surface area (TPSA) is 102 Å². The van der Waals surface area contributed by atoms with Crippen molar-refractivity contribution >= 4 is 27.1 Å². The van der Waals surface area contributed by atoms with Crippen molar-refractivity contribution in [1.82, 2.24) is 10.3 Å². The van der Waals surface area contributed by atoms with Crippen molar-refractivity contribution in [2.24, 2.45) is 5.73 Å². The van der Waals surface area contributed by atoms with Crippen molar-refractivity contribution in [2.45, 2.75) is 17.9 Å². The van der Waals surface area contributed by atoms with Crippen LogP contribution in [0.25, 0.3) is 0 Å². The molecule has 0 saturated carbocycles. The van der Waals surface area contributed by atoms with Crippen LogP contribution in [0.5, 0.6) is 0 Å². The molecule has 1 aromatic carbocycles. The quantitative estimate of drug-likeness (QED) is 0.817. The van der Waals surface area contributed by atoms with Gasteiger partial charge in [-0.25, -0.2) is 13.4 Å². The summed E-state index contributed by atoms with van der Waals surface area (Å²) in [6, 6.07) is 6.41. The van der Waals surface area contributed by atoms with Crippen molar-refractivity contribution < 1.29 is 13.2 Å². The highest BCUT2D eigenvalue weighted by molar-refractivity contribution is 7.90. The third kappa shape index (κ3) is 4.36. The molecule has 2 aromatic rings. The number of benzene rings is 1. The van der Waals surface area contributed by atoms with Crippen LogP contribution >= 0.6 is 11.3 Å². The van der Waals surface area contributed by atoms with Gasteiger partial charge in [0.2, 0.25) is 0 Å². The number of aromatic nitrogens is 1. The predicted octanol–water partition coefficient (Wildman–Crippen LogP) is 0.978. The van der Waals surface area contributed by atoms with Gasteiger partial charge in [0.1, 0.15) is 5.69 Å². The number of carbonyl (C=O) groups is 1. The van der Waals surface area contributed by atoms with Gasteiger partial charge in [-0.1, -0.05) is 12.1 Å². The molecule has 0 unspecified atom stereocenters. The van der Waals surface area contributed by atoms with Crippen LogP contribution in [0.15, 0.2) is 34.5 Å². The van der Waals surface area contributed by atoms with Gasteiger partial charge >= 0.3 is 0 Å². The third-order valence-electron chi connectivity index (χ3n) is 2.95. The number of thiazole rings is 1. The number of amides is 1. The summed E-state index contributed by atoms with van der Waals surface area (Å²) in [6.45, 7) is 0.813.